The number of nitro groups is 1. The lowest BCUT2D eigenvalue weighted by Crippen LogP contribution is -2.22. The first kappa shape index (κ1) is 23.4. The van der Waals surface area contributed by atoms with Gasteiger partial charge in [-0.2, -0.15) is 18.4 Å². The molecule has 2 rings (SSSR count). The van der Waals surface area contributed by atoms with Crippen LogP contribution in [0.2, 0.25) is 0 Å². The average molecular weight is 434 g/mol. The molecule has 0 radical (unpaired) electrons. The van der Waals surface area contributed by atoms with Crippen molar-refractivity contribution in [2.75, 3.05) is 0 Å². The number of alkyl halides is 3. The topological polar surface area (TPSA) is 113 Å². The Bertz CT molecular complexity index is 1090. The zero-order valence-electron chi connectivity index (χ0n) is 16.6. The molecule has 0 aliphatic heterocycles. The molecule has 31 heavy (non-hydrogen) atoms. The van der Waals surface area contributed by atoms with E-state index < -0.39 is 44.9 Å². The maximum absolute atomic E-state index is 12.6. The maximum atomic E-state index is 12.6. The van der Waals surface area contributed by atoms with Crippen LogP contribution in [0.1, 0.15) is 31.9 Å². The largest absolute Gasteiger partial charge is 0.506 e. The number of benzene rings is 2. The number of nitrogens with zero attached hydrogens (tertiary/aromatic N) is 2. The molecule has 0 bridgehead atoms. The molecule has 0 spiro atoms. The second-order valence-corrected chi connectivity index (χ2v) is 7.47. The smallest absolute Gasteiger partial charge is 0.416 e. The minimum atomic E-state index is -4.52. The zero-order valence-corrected chi connectivity index (χ0v) is 16.6. The van der Waals surface area contributed by atoms with Gasteiger partial charge in [-0.1, -0.05) is 20.8 Å². The molecule has 2 aromatic carbocycles. The molecule has 0 saturated heterocycles. The highest BCUT2D eigenvalue weighted by molar-refractivity contribution is 6.08. The van der Waals surface area contributed by atoms with Crippen LogP contribution in [-0.2, 0) is 11.0 Å². The van der Waals surface area contributed by atoms with Crippen LogP contribution in [0, 0.1) is 26.9 Å². The van der Waals surface area contributed by atoms with Crippen molar-refractivity contribution in [3.05, 3.63) is 69.3 Å². The van der Waals surface area contributed by atoms with Crippen molar-refractivity contribution in [2.45, 2.75) is 26.9 Å². The summed E-state index contributed by atoms with van der Waals surface area (Å²) in [6.45, 7) is 4.57. The summed E-state index contributed by atoms with van der Waals surface area (Å²) in [7, 11) is 0. The number of hydrogen-bond acceptors (Lipinski definition) is 6. The van der Waals surface area contributed by atoms with Gasteiger partial charge in [0.15, 0.2) is 11.5 Å². The number of hydrogen-bond donors (Lipinski definition) is 1. The number of aliphatic hydroxyl groups is 1. The second-order valence-electron chi connectivity index (χ2n) is 7.47. The van der Waals surface area contributed by atoms with Crippen LogP contribution < -0.4 is 4.74 Å². The Morgan fingerprint density at radius 2 is 1.65 bits per heavy atom. The molecule has 0 amide bonds. The summed E-state index contributed by atoms with van der Waals surface area (Å²) in [6, 6.07) is 8.50. The van der Waals surface area contributed by atoms with Gasteiger partial charge in [-0.3, -0.25) is 14.9 Å². The Hall–Kier alpha value is -3.87. The first-order valence-electron chi connectivity index (χ1n) is 8.77. The highest BCUT2D eigenvalue weighted by Crippen LogP contribution is 2.35. The average Bonchev–Trinajstić information content (AvgIpc) is 2.67. The molecule has 1 N–H and O–H groups in total. The zero-order chi connectivity index (χ0) is 23.6. The van der Waals surface area contributed by atoms with E-state index in [2.05, 4.69) is 0 Å². The van der Waals surface area contributed by atoms with E-state index in [1.807, 2.05) is 0 Å². The Kier molecular flexibility index (Phi) is 6.40. The number of carbonyl (C=O) groups is 1. The lowest BCUT2D eigenvalue weighted by atomic mass is 9.85. The Morgan fingerprint density at radius 1 is 1.10 bits per heavy atom. The van der Waals surface area contributed by atoms with Gasteiger partial charge in [0, 0.05) is 5.41 Å². The number of nitro benzene ring substituents is 1. The first-order valence-corrected chi connectivity index (χ1v) is 8.77. The molecule has 0 atom stereocenters. The second kappa shape index (κ2) is 8.47. The number of Topliss-reactive ketones (excluding diaryl/α,β-unsaturated/α-hetero) is 1. The highest BCUT2D eigenvalue weighted by atomic mass is 19.4. The van der Waals surface area contributed by atoms with E-state index in [9.17, 15) is 38.4 Å². The normalized spacial score (nSPS) is 12.5. The van der Waals surface area contributed by atoms with Crippen molar-refractivity contribution < 1.29 is 32.7 Å². The van der Waals surface area contributed by atoms with Gasteiger partial charge in [0.1, 0.15) is 23.1 Å². The fourth-order valence-electron chi connectivity index (χ4n) is 2.50. The molecular formula is C21H17F3N2O5. The number of nitriles is 1. The van der Waals surface area contributed by atoms with Gasteiger partial charge in [-0.25, -0.2) is 0 Å². The Labute approximate surface area is 175 Å². The molecule has 0 unspecified atom stereocenters. The van der Waals surface area contributed by atoms with Gasteiger partial charge >= 0.3 is 6.18 Å². The molecule has 162 valence electrons. The quantitative estimate of drug-likeness (QED) is 0.209. The van der Waals surface area contributed by atoms with Crippen LogP contribution in [0.25, 0.3) is 5.76 Å². The molecule has 2 aromatic rings. The predicted octanol–water partition coefficient (Wildman–Crippen LogP) is 5.81. The molecule has 0 heterocycles. The lowest BCUT2D eigenvalue weighted by molar-refractivity contribution is -0.385. The van der Waals surface area contributed by atoms with E-state index in [1.165, 1.54) is 26.8 Å². The minimum Gasteiger partial charge on any atom is -0.506 e. The Balaban J connectivity index is 2.46. The van der Waals surface area contributed by atoms with Gasteiger partial charge in [0.25, 0.3) is 5.69 Å². The number of allylic oxidation sites excluding steroid dienone is 1. The molecule has 0 aliphatic rings. The van der Waals surface area contributed by atoms with Crippen LogP contribution in [0.15, 0.2) is 48.0 Å². The fourth-order valence-corrected chi connectivity index (χ4v) is 2.50. The van der Waals surface area contributed by atoms with E-state index in [0.29, 0.717) is 0 Å². The third kappa shape index (κ3) is 5.39. The fraction of sp³-hybridized carbons (Fsp3) is 0.238. The summed E-state index contributed by atoms with van der Waals surface area (Å²) in [5.41, 5.74) is -3.56. The summed E-state index contributed by atoms with van der Waals surface area (Å²) in [6.07, 6.45) is -4.52. The SMILES string of the molecule is CC(C)(C)C(=O)/C(C#N)=C(\O)c1ccc(Oc2ccc(C(F)(F)F)cc2)cc1[N+](=O)[O-]. The van der Waals surface area contributed by atoms with Crippen molar-refractivity contribution in [3.8, 4) is 17.6 Å². The van der Waals surface area contributed by atoms with Crippen molar-refractivity contribution in [3.63, 3.8) is 0 Å². The summed E-state index contributed by atoms with van der Waals surface area (Å²) in [5.74, 6) is -1.65. The van der Waals surface area contributed by atoms with Crippen LogP contribution >= 0.6 is 0 Å². The predicted molar refractivity (Wildman–Crippen MR) is 104 cm³/mol. The number of rotatable bonds is 5. The summed E-state index contributed by atoms with van der Waals surface area (Å²) in [5, 5.41) is 31.2. The molecule has 0 saturated carbocycles. The number of ether oxygens (including phenoxy) is 1. The van der Waals surface area contributed by atoms with Crippen molar-refractivity contribution in [1.82, 2.24) is 0 Å². The van der Waals surface area contributed by atoms with Gasteiger partial charge in [0.05, 0.1) is 22.1 Å². The first-order chi connectivity index (χ1) is 14.3. The lowest BCUT2D eigenvalue weighted by Gasteiger charge is -2.16. The highest BCUT2D eigenvalue weighted by Gasteiger charge is 2.31. The van der Waals surface area contributed by atoms with Crippen molar-refractivity contribution in [2.24, 2.45) is 5.41 Å². The summed E-state index contributed by atoms with van der Waals surface area (Å²) < 4.78 is 43.3. The molecule has 0 aliphatic carbocycles. The molecule has 0 fully saturated rings. The van der Waals surface area contributed by atoms with Gasteiger partial charge < -0.3 is 9.84 Å². The van der Waals surface area contributed by atoms with Crippen LogP contribution in [0.3, 0.4) is 0 Å². The number of halogens is 3. The monoisotopic (exact) mass is 434 g/mol. The van der Waals surface area contributed by atoms with Gasteiger partial charge in [-0.05, 0) is 36.4 Å². The number of carbonyl (C=O) groups excluding carboxylic acids is 1. The number of aliphatic hydroxyl groups excluding tert-OH is 1. The molecule has 0 aromatic heterocycles. The maximum Gasteiger partial charge on any atom is 0.416 e. The molecule has 10 heteroatoms. The van der Waals surface area contributed by atoms with Gasteiger partial charge in [0.2, 0.25) is 0 Å². The standard InChI is InChI=1S/C21H17F3N2O5/c1-20(2,3)19(28)16(11-25)18(27)15-9-8-14(10-17(15)26(29)30)31-13-6-4-12(5-7-13)21(22,23)24/h4-10,27H,1-3H3/b18-16-. The summed E-state index contributed by atoms with van der Waals surface area (Å²) >= 11 is 0. The summed E-state index contributed by atoms with van der Waals surface area (Å²) in [4.78, 5) is 23.0. The van der Waals surface area contributed by atoms with Crippen molar-refractivity contribution in [1.29, 1.82) is 5.26 Å². The van der Waals surface area contributed by atoms with Crippen LogP contribution in [0.4, 0.5) is 18.9 Å². The van der Waals surface area contributed by atoms with Gasteiger partial charge in [-0.15, -0.1) is 0 Å². The third-order valence-electron chi connectivity index (χ3n) is 4.10. The molecule has 7 nitrogen and oxygen atoms in total. The van der Waals surface area contributed by atoms with E-state index in [-0.39, 0.29) is 17.1 Å². The van der Waals surface area contributed by atoms with Crippen LogP contribution in [0.5, 0.6) is 11.5 Å². The minimum absolute atomic E-state index is 0.00423. The number of ketones is 1. The van der Waals surface area contributed by atoms with Crippen LogP contribution in [-0.4, -0.2) is 15.8 Å². The van der Waals surface area contributed by atoms with Crippen molar-refractivity contribution >= 4 is 17.2 Å². The molecular weight excluding hydrogens is 417 g/mol. The Morgan fingerprint density at radius 3 is 2.10 bits per heavy atom. The van der Waals surface area contributed by atoms with E-state index >= 15 is 0 Å². The third-order valence-corrected chi connectivity index (χ3v) is 4.10. The van der Waals surface area contributed by atoms with E-state index in [0.717, 1.165) is 36.4 Å². The van der Waals surface area contributed by atoms with E-state index in [4.69, 9.17) is 4.74 Å². The van der Waals surface area contributed by atoms with E-state index in [1.54, 1.807) is 6.07 Å².